The number of aliphatic imine (C=N–C) groups is 1. The van der Waals surface area contributed by atoms with Gasteiger partial charge in [-0.15, -0.1) is 24.0 Å². The van der Waals surface area contributed by atoms with Gasteiger partial charge in [-0.05, 0) is 43.4 Å². The van der Waals surface area contributed by atoms with E-state index in [1.54, 1.807) is 12.1 Å². The molecule has 3 amide bonds. The Hall–Kier alpha value is -1.88. The van der Waals surface area contributed by atoms with Crippen molar-refractivity contribution >= 4 is 47.6 Å². The molecular weight excluding hydrogens is 473 g/mol. The standard InChI is InChI=1S/C19H25N5O3.HI/c1-19(14-4-5-14)16(25)24(18(26)22-19)15-6-2-13(3-7-15)12-21-17(20)23-8-10-27-11-9-23;/h2-3,6-7,14H,4-5,8-12H2,1H3,(H2,20,21)(H,22,26);1H. The van der Waals surface area contributed by atoms with Crippen LogP contribution in [0.2, 0.25) is 0 Å². The minimum Gasteiger partial charge on any atom is -0.378 e. The van der Waals surface area contributed by atoms with Crippen LogP contribution in [-0.4, -0.2) is 54.6 Å². The number of hydrogen-bond acceptors (Lipinski definition) is 4. The van der Waals surface area contributed by atoms with Crippen LogP contribution in [0, 0.1) is 5.92 Å². The van der Waals surface area contributed by atoms with Gasteiger partial charge in [0.2, 0.25) is 0 Å². The molecule has 4 rings (SSSR count). The highest BCUT2D eigenvalue weighted by molar-refractivity contribution is 14.0. The lowest BCUT2D eigenvalue weighted by Gasteiger charge is -2.27. The highest BCUT2D eigenvalue weighted by Crippen LogP contribution is 2.43. The second-order valence-electron chi connectivity index (χ2n) is 7.49. The summed E-state index contributed by atoms with van der Waals surface area (Å²) in [5, 5.41) is 2.86. The summed E-state index contributed by atoms with van der Waals surface area (Å²) in [5.41, 5.74) is 6.81. The SMILES string of the molecule is CC1(C2CC2)NC(=O)N(c2ccc(CN=C(N)N3CCOCC3)cc2)C1=O.I. The molecule has 3 fully saturated rings. The maximum atomic E-state index is 12.8. The van der Waals surface area contributed by atoms with Crippen molar-refractivity contribution in [3.8, 4) is 0 Å². The van der Waals surface area contributed by atoms with Gasteiger partial charge in [-0.25, -0.2) is 14.7 Å². The highest BCUT2D eigenvalue weighted by Gasteiger charge is 2.56. The third kappa shape index (κ3) is 3.95. The van der Waals surface area contributed by atoms with Crippen molar-refractivity contribution in [3.63, 3.8) is 0 Å². The maximum absolute atomic E-state index is 12.8. The highest BCUT2D eigenvalue weighted by atomic mass is 127. The Bertz CT molecular complexity index is 774. The molecule has 1 atom stereocenters. The van der Waals surface area contributed by atoms with Gasteiger partial charge in [0.05, 0.1) is 25.4 Å². The second-order valence-corrected chi connectivity index (χ2v) is 7.49. The molecule has 1 saturated carbocycles. The first kappa shape index (κ1) is 20.8. The lowest BCUT2D eigenvalue weighted by atomic mass is 9.96. The number of carbonyl (C=O) groups is 2. The molecule has 3 N–H and O–H groups in total. The van der Waals surface area contributed by atoms with Gasteiger partial charge in [-0.2, -0.15) is 0 Å². The molecule has 1 aromatic carbocycles. The molecule has 2 aliphatic heterocycles. The molecule has 0 spiro atoms. The van der Waals surface area contributed by atoms with Crippen LogP contribution in [0.25, 0.3) is 0 Å². The van der Waals surface area contributed by atoms with Gasteiger partial charge in [0.25, 0.3) is 5.91 Å². The van der Waals surface area contributed by atoms with E-state index in [1.165, 1.54) is 4.90 Å². The summed E-state index contributed by atoms with van der Waals surface area (Å²) in [5.74, 6) is 0.588. The molecule has 2 heterocycles. The van der Waals surface area contributed by atoms with Crippen molar-refractivity contribution < 1.29 is 14.3 Å². The van der Waals surface area contributed by atoms with Gasteiger partial charge in [0.1, 0.15) is 5.54 Å². The quantitative estimate of drug-likeness (QED) is 0.284. The van der Waals surface area contributed by atoms with Crippen molar-refractivity contribution in [3.05, 3.63) is 29.8 Å². The fourth-order valence-electron chi connectivity index (χ4n) is 3.64. The Morgan fingerprint density at radius 2 is 1.89 bits per heavy atom. The van der Waals surface area contributed by atoms with Crippen LogP contribution in [0.3, 0.4) is 0 Å². The fraction of sp³-hybridized carbons (Fsp3) is 0.526. The number of nitrogens with zero attached hydrogens (tertiary/aromatic N) is 3. The summed E-state index contributed by atoms with van der Waals surface area (Å²) in [4.78, 5) is 32.8. The Morgan fingerprint density at radius 3 is 2.50 bits per heavy atom. The van der Waals surface area contributed by atoms with E-state index in [1.807, 2.05) is 24.0 Å². The van der Waals surface area contributed by atoms with E-state index < -0.39 is 5.54 Å². The number of morpholine rings is 1. The van der Waals surface area contributed by atoms with Crippen LogP contribution in [-0.2, 0) is 16.1 Å². The van der Waals surface area contributed by atoms with Crippen molar-refractivity contribution in [1.82, 2.24) is 10.2 Å². The summed E-state index contributed by atoms with van der Waals surface area (Å²) < 4.78 is 5.31. The van der Waals surface area contributed by atoms with Gasteiger partial charge in [-0.3, -0.25) is 4.79 Å². The van der Waals surface area contributed by atoms with E-state index in [4.69, 9.17) is 10.5 Å². The van der Waals surface area contributed by atoms with Gasteiger partial charge in [0, 0.05) is 13.1 Å². The first-order valence-electron chi connectivity index (χ1n) is 9.37. The fourth-order valence-corrected chi connectivity index (χ4v) is 3.64. The Balaban J connectivity index is 0.00000225. The molecule has 0 bridgehead atoms. The number of carbonyl (C=O) groups excluding carboxylic acids is 2. The topological polar surface area (TPSA) is 100 Å². The Morgan fingerprint density at radius 1 is 1.25 bits per heavy atom. The van der Waals surface area contributed by atoms with Crippen molar-refractivity contribution in [2.45, 2.75) is 31.8 Å². The molecule has 2 saturated heterocycles. The zero-order valence-electron chi connectivity index (χ0n) is 15.9. The van der Waals surface area contributed by atoms with Crippen molar-refractivity contribution in [1.29, 1.82) is 0 Å². The smallest absolute Gasteiger partial charge is 0.329 e. The van der Waals surface area contributed by atoms with Crippen LogP contribution in [0.1, 0.15) is 25.3 Å². The number of rotatable bonds is 4. The van der Waals surface area contributed by atoms with Gasteiger partial charge in [0.15, 0.2) is 5.96 Å². The van der Waals surface area contributed by atoms with Crippen molar-refractivity contribution in [2.75, 3.05) is 31.2 Å². The molecule has 152 valence electrons. The monoisotopic (exact) mass is 499 g/mol. The molecule has 1 aromatic rings. The third-order valence-electron chi connectivity index (χ3n) is 5.56. The minimum atomic E-state index is -0.771. The third-order valence-corrected chi connectivity index (χ3v) is 5.56. The van der Waals surface area contributed by atoms with E-state index in [9.17, 15) is 9.59 Å². The Kier molecular flexibility index (Phi) is 6.13. The van der Waals surface area contributed by atoms with Crippen LogP contribution in [0.5, 0.6) is 0 Å². The van der Waals surface area contributed by atoms with Gasteiger partial charge < -0.3 is 20.7 Å². The number of benzene rings is 1. The molecule has 0 radical (unpaired) electrons. The number of anilines is 1. The number of guanidine groups is 1. The number of nitrogens with two attached hydrogens (primary N) is 1. The summed E-state index contributed by atoms with van der Waals surface area (Å²) in [6.07, 6.45) is 1.97. The molecule has 3 aliphatic rings. The van der Waals surface area contributed by atoms with E-state index >= 15 is 0 Å². The van der Waals surface area contributed by atoms with Crippen LogP contribution in [0.4, 0.5) is 10.5 Å². The normalized spacial score (nSPS) is 25.5. The van der Waals surface area contributed by atoms with Crippen LogP contribution in [0.15, 0.2) is 29.3 Å². The molecule has 8 nitrogen and oxygen atoms in total. The number of ether oxygens (including phenoxy) is 1. The molecular formula is C19H26IN5O3. The number of nitrogens with one attached hydrogen (secondary N) is 1. The average molecular weight is 499 g/mol. The van der Waals surface area contributed by atoms with Crippen molar-refractivity contribution in [2.24, 2.45) is 16.6 Å². The molecule has 9 heteroatoms. The largest absolute Gasteiger partial charge is 0.378 e. The summed E-state index contributed by atoms with van der Waals surface area (Å²) in [7, 11) is 0. The predicted molar refractivity (Wildman–Crippen MR) is 117 cm³/mol. The number of halogens is 1. The zero-order chi connectivity index (χ0) is 19.0. The first-order chi connectivity index (χ1) is 13.0. The summed E-state index contributed by atoms with van der Waals surface area (Å²) >= 11 is 0. The number of imide groups is 1. The molecule has 0 aromatic heterocycles. The van der Waals surface area contributed by atoms with E-state index in [2.05, 4.69) is 10.3 Å². The lowest BCUT2D eigenvalue weighted by molar-refractivity contribution is -0.122. The van der Waals surface area contributed by atoms with E-state index in [0.717, 1.165) is 31.5 Å². The average Bonchev–Trinajstić information content (AvgIpc) is 3.50. The zero-order valence-corrected chi connectivity index (χ0v) is 18.2. The van der Waals surface area contributed by atoms with Gasteiger partial charge in [-0.1, -0.05) is 12.1 Å². The van der Waals surface area contributed by atoms with E-state index in [0.29, 0.717) is 31.4 Å². The molecule has 28 heavy (non-hydrogen) atoms. The van der Waals surface area contributed by atoms with Crippen LogP contribution < -0.4 is 16.0 Å². The summed E-state index contributed by atoms with van der Waals surface area (Å²) in [6, 6.07) is 6.96. The second kappa shape index (κ2) is 8.24. The van der Waals surface area contributed by atoms with E-state index in [-0.39, 0.29) is 41.8 Å². The minimum absolute atomic E-state index is 0. The maximum Gasteiger partial charge on any atom is 0.329 e. The number of hydrogen-bond donors (Lipinski definition) is 2. The van der Waals surface area contributed by atoms with Gasteiger partial charge >= 0.3 is 6.03 Å². The number of amides is 3. The number of urea groups is 1. The predicted octanol–water partition coefficient (Wildman–Crippen LogP) is 1.68. The lowest BCUT2D eigenvalue weighted by Crippen LogP contribution is -2.46. The molecule has 1 unspecified atom stereocenters. The summed E-state index contributed by atoms with van der Waals surface area (Å²) in [6.45, 7) is 5.10. The first-order valence-corrected chi connectivity index (χ1v) is 9.37. The molecule has 1 aliphatic carbocycles. The Labute approximate surface area is 181 Å². The van der Waals surface area contributed by atoms with Crippen LogP contribution >= 0.6 is 24.0 Å².